The average molecular weight is 284 g/mol. The number of piperidine rings is 1. The Bertz CT molecular complexity index is 565. The van der Waals surface area contributed by atoms with E-state index in [2.05, 4.69) is 37.3 Å². The maximum absolute atomic E-state index is 4.56. The van der Waals surface area contributed by atoms with E-state index in [0.29, 0.717) is 6.54 Å². The second-order valence-corrected chi connectivity index (χ2v) is 5.53. The van der Waals surface area contributed by atoms with E-state index in [4.69, 9.17) is 0 Å². The molecule has 110 valence electrons. The van der Waals surface area contributed by atoms with Crippen molar-refractivity contribution in [3.63, 3.8) is 0 Å². The van der Waals surface area contributed by atoms with Gasteiger partial charge in [-0.2, -0.15) is 10.1 Å². The molecule has 0 saturated carbocycles. The second kappa shape index (κ2) is 6.47. The molecule has 2 aromatic rings. The molecule has 3 heterocycles. The Hall–Kier alpha value is -2.24. The Balaban J connectivity index is 1.63. The van der Waals surface area contributed by atoms with Crippen molar-refractivity contribution in [3.05, 3.63) is 36.3 Å². The van der Waals surface area contributed by atoms with E-state index in [0.717, 1.165) is 36.3 Å². The van der Waals surface area contributed by atoms with Crippen molar-refractivity contribution in [2.45, 2.75) is 26.3 Å². The summed E-state index contributed by atoms with van der Waals surface area (Å²) in [7, 11) is 0. The van der Waals surface area contributed by atoms with Gasteiger partial charge in [-0.15, -0.1) is 5.10 Å². The standard InChI is InChI=1S/C15H20N6/c1-12-4-7-21(8-5-12)15-19-14(11-18-20-15)17-10-13-3-2-6-16-9-13/h2-3,6,9,11-12H,4-5,7-8,10H2,1H3,(H,17,19,20). The van der Waals surface area contributed by atoms with E-state index in [1.54, 1.807) is 12.4 Å². The summed E-state index contributed by atoms with van der Waals surface area (Å²) in [6, 6.07) is 3.96. The third kappa shape index (κ3) is 3.65. The summed E-state index contributed by atoms with van der Waals surface area (Å²) in [5, 5.41) is 11.5. The van der Waals surface area contributed by atoms with Gasteiger partial charge in [0.1, 0.15) is 0 Å². The highest BCUT2D eigenvalue weighted by Gasteiger charge is 2.18. The lowest BCUT2D eigenvalue weighted by molar-refractivity contribution is 0.433. The molecule has 0 spiro atoms. The van der Waals surface area contributed by atoms with E-state index in [9.17, 15) is 0 Å². The minimum absolute atomic E-state index is 0.684. The predicted molar refractivity (Wildman–Crippen MR) is 82.0 cm³/mol. The topological polar surface area (TPSA) is 66.8 Å². The summed E-state index contributed by atoms with van der Waals surface area (Å²) in [6.07, 6.45) is 7.65. The molecule has 2 aromatic heterocycles. The zero-order valence-corrected chi connectivity index (χ0v) is 12.2. The maximum Gasteiger partial charge on any atom is 0.247 e. The summed E-state index contributed by atoms with van der Waals surface area (Å²) < 4.78 is 0. The zero-order chi connectivity index (χ0) is 14.5. The van der Waals surface area contributed by atoms with Crippen LogP contribution in [0.4, 0.5) is 11.8 Å². The monoisotopic (exact) mass is 284 g/mol. The second-order valence-electron chi connectivity index (χ2n) is 5.53. The van der Waals surface area contributed by atoms with Gasteiger partial charge in [0.25, 0.3) is 0 Å². The first kappa shape index (κ1) is 13.7. The molecular weight excluding hydrogens is 264 g/mol. The number of pyridine rings is 1. The molecule has 0 amide bonds. The van der Waals surface area contributed by atoms with Crippen LogP contribution in [0.2, 0.25) is 0 Å². The summed E-state index contributed by atoms with van der Waals surface area (Å²) in [5.74, 6) is 2.27. The number of aromatic nitrogens is 4. The van der Waals surface area contributed by atoms with E-state index < -0.39 is 0 Å². The highest BCUT2D eigenvalue weighted by Crippen LogP contribution is 2.20. The highest BCUT2D eigenvalue weighted by molar-refractivity contribution is 5.39. The summed E-state index contributed by atoms with van der Waals surface area (Å²) >= 11 is 0. The van der Waals surface area contributed by atoms with Crippen LogP contribution < -0.4 is 10.2 Å². The van der Waals surface area contributed by atoms with E-state index in [1.165, 1.54) is 12.8 Å². The Morgan fingerprint density at radius 2 is 2.14 bits per heavy atom. The van der Waals surface area contributed by atoms with Gasteiger partial charge < -0.3 is 10.2 Å². The van der Waals surface area contributed by atoms with Crippen molar-refractivity contribution in [3.8, 4) is 0 Å². The van der Waals surface area contributed by atoms with Crippen LogP contribution in [0, 0.1) is 5.92 Å². The molecule has 1 N–H and O–H groups in total. The van der Waals surface area contributed by atoms with Crippen LogP contribution in [-0.4, -0.2) is 33.3 Å². The molecule has 1 aliphatic rings. The van der Waals surface area contributed by atoms with E-state index in [-0.39, 0.29) is 0 Å². The van der Waals surface area contributed by atoms with Gasteiger partial charge in [0.05, 0.1) is 6.20 Å². The zero-order valence-electron chi connectivity index (χ0n) is 12.2. The van der Waals surface area contributed by atoms with Crippen molar-refractivity contribution in [1.82, 2.24) is 20.2 Å². The van der Waals surface area contributed by atoms with Gasteiger partial charge in [-0.25, -0.2) is 0 Å². The SMILES string of the molecule is CC1CCN(c2nncc(NCc3cccnc3)n2)CC1. The lowest BCUT2D eigenvalue weighted by Gasteiger charge is -2.29. The summed E-state index contributed by atoms with van der Waals surface area (Å²) in [6.45, 7) is 5.00. The van der Waals surface area contributed by atoms with Crippen LogP contribution in [0.1, 0.15) is 25.3 Å². The van der Waals surface area contributed by atoms with Crippen molar-refractivity contribution in [2.75, 3.05) is 23.3 Å². The van der Waals surface area contributed by atoms with Crippen LogP contribution in [0.5, 0.6) is 0 Å². The first-order chi connectivity index (χ1) is 10.3. The van der Waals surface area contributed by atoms with Gasteiger partial charge in [0.15, 0.2) is 5.82 Å². The molecule has 0 aromatic carbocycles. The predicted octanol–water partition coefficient (Wildman–Crippen LogP) is 2.11. The first-order valence-electron chi connectivity index (χ1n) is 7.39. The molecular formula is C15H20N6. The Kier molecular flexibility index (Phi) is 4.23. The van der Waals surface area contributed by atoms with Gasteiger partial charge in [0.2, 0.25) is 5.95 Å². The molecule has 0 bridgehead atoms. The number of nitrogens with zero attached hydrogens (tertiary/aromatic N) is 5. The van der Waals surface area contributed by atoms with Crippen molar-refractivity contribution in [1.29, 1.82) is 0 Å². The molecule has 0 unspecified atom stereocenters. The van der Waals surface area contributed by atoms with Crippen molar-refractivity contribution in [2.24, 2.45) is 5.92 Å². The van der Waals surface area contributed by atoms with Gasteiger partial charge in [-0.05, 0) is 30.4 Å². The lowest BCUT2D eigenvalue weighted by Crippen LogP contribution is -2.34. The number of hydrogen-bond donors (Lipinski definition) is 1. The minimum atomic E-state index is 0.684. The number of anilines is 2. The normalized spacial score (nSPS) is 16.0. The number of rotatable bonds is 4. The Morgan fingerprint density at radius 1 is 1.29 bits per heavy atom. The number of nitrogens with one attached hydrogen (secondary N) is 1. The van der Waals surface area contributed by atoms with Gasteiger partial charge in [-0.3, -0.25) is 4.98 Å². The Morgan fingerprint density at radius 3 is 2.90 bits per heavy atom. The molecule has 6 nitrogen and oxygen atoms in total. The fourth-order valence-electron chi connectivity index (χ4n) is 2.42. The first-order valence-corrected chi connectivity index (χ1v) is 7.39. The van der Waals surface area contributed by atoms with Crippen molar-refractivity contribution < 1.29 is 0 Å². The highest BCUT2D eigenvalue weighted by atomic mass is 15.3. The molecule has 0 aliphatic carbocycles. The molecule has 0 atom stereocenters. The molecule has 3 rings (SSSR count). The molecule has 21 heavy (non-hydrogen) atoms. The van der Waals surface area contributed by atoms with Crippen LogP contribution in [0.15, 0.2) is 30.7 Å². The van der Waals surface area contributed by atoms with Gasteiger partial charge in [-0.1, -0.05) is 13.0 Å². The average Bonchev–Trinajstić information content (AvgIpc) is 2.55. The third-order valence-corrected chi connectivity index (χ3v) is 3.81. The summed E-state index contributed by atoms with van der Waals surface area (Å²) in [5.41, 5.74) is 1.12. The molecule has 0 radical (unpaired) electrons. The van der Waals surface area contributed by atoms with Gasteiger partial charge >= 0.3 is 0 Å². The number of hydrogen-bond acceptors (Lipinski definition) is 6. The van der Waals surface area contributed by atoms with Crippen LogP contribution >= 0.6 is 0 Å². The quantitative estimate of drug-likeness (QED) is 0.927. The van der Waals surface area contributed by atoms with Crippen LogP contribution in [0.3, 0.4) is 0 Å². The third-order valence-electron chi connectivity index (χ3n) is 3.81. The molecule has 1 aliphatic heterocycles. The summed E-state index contributed by atoms with van der Waals surface area (Å²) in [4.78, 5) is 10.9. The lowest BCUT2D eigenvalue weighted by atomic mass is 10.00. The maximum atomic E-state index is 4.56. The van der Waals surface area contributed by atoms with E-state index >= 15 is 0 Å². The smallest absolute Gasteiger partial charge is 0.247 e. The molecule has 6 heteroatoms. The van der Waals surface area contributed by atoms with Crippen molar-refractivity contribution >= 4 is 11.8 Å². The Labute approximate surface area is 124 Å². The van der Waals surface area contributed by atoms with Gasteiger partial charge in [0, 0.05) is 32.0 Å². The molecule has 1 saturated heterocycles. The van der Waals surface area contributed by atoms with Crippen LogP contribution in [0.25, 0.3) is 0 Å². The fraction of sp³-hybridized carbons (Fsp3) is 0.467. The van der Waals surface area contributed by atoms with Crippen LogP contribution in [-0.2, 0) is 6.54 Å². The minimum Gasteiger partial charge on any atom is -0.364 e. The largest absolute Gasteiger partial charge is 0.364 e. The fourth-order valence-corrected chi connectivity index (χ4v) is 2.42. The molecule has 1 fully saturated rings. The van der Waals surface area contributed by atoms with E-state index in [1.807, 2.05) is 18.3 Å².